The Morgan fingerprint density at radius 1 is 1.33 bits per heavy atom. The normalized spacial score (nSPS) is 15.1. The summed E-state index contributed by atoms with van der Waals surface area (Å²) in [5.41, 5.74) is 2.77. The highest BCUT2D eigenvalue weighted by Gasteiger charge is 2.24. The minimum absolute atomic E-state index is 0.0792. The fourth-order valence-electron chi connectivity index (χ4n) is 1.90. The molecule has 3 N–H and O–H groups in total. The van der Waals surface area contributed by atoms with E-state index in [1.807, 2.05) is 30.3 Å². The van der Waals surface area contributed by atoms with E-state index in [4.69, 9.17) is 0 Å². The van der Waals surface area contributed by atoms with Crippen molar-refractivity contribution in [3.05, 3.63) is 36.5 Å². The lowest BCUT2D eigenvalue weighted by atomic mass is 10.0. The summed E-state index contributed by atoms with van der Waals surface area (Å²) in [4.78, 5) is 11.8. The number of carbonyl (C=O) groups is 1. The second kappa shape index (κ2) is 4.62. The summed E-state index contributed by atoms with van der Waals surface area (Å²) < 4.78 is 0. The van der Waals surface area contributed by atoms with Gasteiger partial charge in [-0.05, 0) is 18.2 Å². The van der Waals surface area contributed by atoms with Gasteiger partial charge in [-0.1, -0.05) is 12.1 Å². The second-order valence-corrected chi connectivity index (χ2v) is 4.40. The lowest BCUT2D eigenvalue weighted by Crippen LogP contribution is -2.48. The molecule has 3 rings (SSSR count). The predicted molar refractivity (Wildman–Crippen MR) is 69.0 cm³/mol. The van der Waals surface area contributed by atoms with Crippen LogP contribution < -0.4 is 10.6 Å². The van der Waals surface area contributed by atoms with E-state index in [2.05, 4.69) is 20.8 Å². The average molecular weight is 242 g/mol. The number of nitrogens with one attached hydrogen (secondary N) is 3. The molecule has 0 radical (unpaired) electrons. The summed E-state index contributed by atoms with van der Waals surface area (Å²) in [5.74, 6) is 0.177. The van der Waals surface area contributed by atoms with Gasteiger partial charge in [-0.25, -0.2) is 0 Å². The summed E-state index contributed by atoms with van der Waals surface area (Å²) in [5, 5.41) is 12.8. The predicted octanol–water partition coefficient (Wildman–Crippen LogP) is 1.23. The molecule has 1 aromatic carbocycles. The van der Waals surface area contributed by atoms with Gasteiger partial charge < -0.3 is 10.6 Å². The zero-order chi connectivity index (χ0) is 12.4. The fraction of sp³-hybridized carbons (Fsp3) is 0.231. The summed E-state index contributed by atoms with van der Waals surface area (Å²) in [6.45, 7) is 1.54. The molecule has 1 saturated heterocycles. The summed E-state index contributed by atoms with van der Waals surface area (Å²) in [6, 6.07) is 9.64. The van der Waals surface area contributed by atoms with Crippen LogP contribution in [0.2, 0.25) is 0 Å². The van der Waals surface area contributed by atoms with Crippen LogP contribution in [0.25, 0.3) is 11.3 Å². The average Bonchev–Trinajstić information content (AvgIpc) is 2.80. The number of carbonyl (C=O) groups excluding carboxylic acids is 1. The number of rotatable bonds is 3. The van der Waals surface area contributed by atoms with Crippen LogP contribution in [0.4, 0.5) is 5.69 Å². The molecule has 1 fully saturated rings. The van der Waals surface area contributed by atoms with Crippen molar-refractivity contribution in [2.24, 2.45) is 5.92 Å². The third-order valence-electron chi connectivity index (χ3n) is 3.09. The smallest absolute Gasteiger partial charge is 0.230 e. The number of nitrogens with zero attached hydrogens (tertiary/aromatic N) is 1. The van der Waals surface area contributed by atoms with Crippen LogP contribution >= 0.6 is 0 Å². The van der Waals surface area contributed by atoms with Gasteiger partial charge >= 0.3 is 0 Å². The van der Waals surface area contributed by atoms with Crippen molar-refractivity contribution < 1.29 is 4.79 Å². The Labute approximate surface area is 105 Å². The second-order valence-electron chi connectivity index (χ2n) is 4.40. The highest BCUT2D eigenvalue weighted by Crippen LogP contribution is 2.20. The highest BCUT2D eigenvalue weighted by molar-refractivity contribution is 5.94. The van der Waals surface area contributed by atoms with Crippen molar-refractivity contribution in [2.75, 3.05) is 18.4 Å². The quantitative estimate of drug-likeness (QED) is 0.758. The summed E-state index contributed by atoms with van der Waals surface area (Å²) in [6.07, 6.45) is 1.71. The van der Waals surface area contributed by atoms with E-state index in [0.717, 1.165) is 30.0 Å². The number of benzene rings is 1. The first kappa shape index (κ1) is 11.0. The Morgan fingerprint density at radius 3 is 2.89 bits per heavy atom. The maximum atomic E-state index is 11.8. The van der Waals surface area contributed by atoms with Crippen molar-refractivity contribution in [3.8, 4) is 11.3 Å². The highest BCUT2D eigenvalue weighted by atomic mass is 16.2. The van der Waals surface area contributed by atoms with Crippen LogP contribution in [0.3, 0.4) is 0 Å². The van der Waals surface area contributed by atoms with E-state index in [1.54, 1.807) is 6.20 Å². The van der Waals surface area contributed by atoms with Crippen LogP contribution in [0.5, 0.6) is 0 Å². The third-order valence-corrected chi connectivity index (χ3v) is 3.09. The van der Waals surface area contributed by atoms with Crippen molar-refractivity contribution in [2.45, 2.75) is 0 Å². The van der Waals surface area contributed by atoms with Gasteiger partial charge in [-0.15, -0.1) is 0 Å². The van der Waals surface area contributed by atoms with Gasteiger partial charge in [0.2, 0.25) is 5.91 Å². The maximum Gasteiger partial charge on any atom is 0.230 e. The molecule has 0 unspecified atom stereocenters. The van der Waals surface area contributed by atoms with Gasteiger partial charge in [0.1, 0.15) is 0 Å². The monoisotopic (exact) mass is 242 g/mol. The standard InChI is InChI=1S/C13H14N4O/c18-13(10-7-14-8-10)16-11-3-1-2-9(6-11)12-4-5-15-17-12/h1-6,10,14H,7-8H2,(H,15,17)(H,16,18). The molecule has 0 spiro atoms. The van der Waals surface area contributed by atoms with E-state index < -0.39 is 0 Å². The minimum Gasteiger partial charge on any atom is -0.326 e. The largest absolute Gasteiger partial charge is 0.326 e. The zero-order valence-corrected chi connectivity index (χ0v) is 9.81. The van der Waals surface area contributed by atoms with Crippen LogP contribution in [-0.4, -0.2) is 29.2 Å². The number of amides is 1. The molecule has 0 saturated carbocycles. The number of aromatic amines is 1. The molecular weight excluding hydrogens is 228 g/mol. The number of hydrogen-bond donors (Lipinski definition) is 3. The Balaban J connectivity index is 1.76. The molecule has 2 aromatic rings. The molecule has 92 valence electrons. The molecule has 1 aliphatic heterocycles. The van der Waals surface area contributed by atoms with Gasteiger partial charge in [-0.2, -0.15) is 5.10 Å². The molecule has 18 heavy (non-hydrogen) atoms. The molecule has 1 amide bonds. The molecule has 0 atom stereocenters. The third kappa shape index (κ3) is 2.12. The van der Waals surface area contributed by atoms with Crippen LogP contribution in [0.1, 0.15) is 0 Å². The van der Waals surface area contributed by atoms with Crippen LogP contribution in [0, 0.1) is 5.92 Å². The lowest BCUT2D eigenvalue weighted by Gasteiger charge is -2.25. The van der Waals surface area contributed by atoms with Gasteiger partial charge in [0.25, 0.3) is 0 Å². The first-order chi connectivity index (χ1) is 8.83. The first-order valence-electron chi connectivity index (χ1n) is 5.94. The molecule has 0 aliphatic carbocycles. The number of H-pyrrole nitrogens is 1. The van der Waals surface area contributed by atoms with Gasteiger partial charge in [0.15, 0.2) is 0 Å². The first-order valence-corrected chi connectivity index (χ1v) is 5.94. The van der Waals surface area contributed by atoms with Crippen LogP contribution in [0.15, 0.2) is 36.5 Å². The Bertz CT molecular complexity index is 546. The van der Waals surface area contributed by atoms with Crippen molar-refractivity contribution in [1.29, 1.82) is 0 Å². The van der Waals surface area contributed by atoms with Crippen molar-refractivity contribution in [3.63, 3.8) is 0 Å². The molecule has 2 heterocycles. The van der Waals surface area contributed by atoms with Crippen molar-refractivity contribution >= 4 is 11.6 Å². The number of aromatic nitrogens is 2. The Morgan fingerprint density at radius 2 is 2.22 bits per heavy atom. The van der Waals surface area contributed by atoms with Gasteiger partial charge in [0, 0.05) is 30.5 Å². The number of hydrogen-bond acceptors (Lipinski definition) is 3. The Hall–Kier alpha value is -2.14. The summed E-state index contributed by atoms with van der Waals surface area (Å²) in [7, 11) is 0. The van der Waals surface area contributed by atoms with E-state index in [1.165, 1.54) is 0 Å². The van der Waals surface area contributed by atoms with E-state index in [9.17, 15) is 4.79 Å². The molecular formula is C13H14N4O. The van der Waals surface area contributed by atoms with Gasteiger partial charge in [-0.3, -0.25) is 9.89 Å². The van der Waals surface area contributed by atoms with E-state index >= 15 is 0 Å². The minimum atomic E-state index is 0.0792. The molecule has 5 nitrogen and oxygen atoms in total. The van der Waals surface area contributed by atoms with E-state index in [0.29, 0.717) is 0 Å². The van der Waals surface area contributed by atoms with E-state index in [-0.39, 0.29) is 11.8 Å². The van der Waals surface area contributed by atoms with Gasteiger partial charge in [0.05, 0.1) is 11.6 Å². The molecule has 1 aliphatic rings. The fourth-order valence-corrected chi connectivity index (χ4v) is 1.90. The van der Waals surface area contributed by atoms with Crippen molar-refractivity contribution in [1.82, 2.24) is 15.5 Å². The summed E-state index contributed by atoms with van der Waals surface area (Å²) >= 11 is 0. The zero-order valence-electron chi connectivity index (χ0n) is 9.81. The SMILES string of the molecule is O=C(Nc1cccc(-c2ccn[nH]2)c1)C1CNC1. The van der Waals surface area contributed by atoms with Crippen LogP contribution in [-0.2, 0) is 4.79 Å². The lowest BCUT2D eigenvalue weighted by molar-refractivity contribution is -0.121. The Kier molecular flexibility index (Phi) is 2.82. The molecule has 1 aromatic heterocycles. The molecule has 5 heteroatoms. The number of anilines is 1. The molecule has 0 bridgehead atoms. The topological polar surface area (TPSA) is 69.8 Å². The maximum absolute atomic E-state index is 11.8.